The summed E-state index contributed by atoms with van der Waals surface area (Å²) >= 11 is 0. The van der Waals surface area contributed by atoms with Gasteiger partial charge < -0.3 is 0 Å². The molecule has 246 valence electrons. The zero-order valence-corrected chi connectivity index (χ0v) is 31.4. The molecular formula is C43H39Cl2P2Pd-. The Morgan fingerprint density at radius 1 is 0.250 bits per heavy atom. The summed E-state index contributed by atoms with van der Waals surface area (Å²) in [6.45, 7) is 3.72. The minimum Gasteiger partial charge on any atom is -0.199 e. The zero-order valence-electron chi connectivity index (χ0n) is 26.4. The van der Waals surface area contributed by atoms with Crippen LogP contribution >= 0.6 is 40.7 Å². The Hall–Kier alpha value is -3.49. The van der Waals surface area contributed by atoms with Gasteiger partial charge in [-0.15, -0.1) is 36.9 Å². The van der Waals surface area contributed by atoms with Gasteiger partial charge in [0.2, 0.25) is 0 Å². The van der Waals surface area contributed by atoms with Crippen molar-refractivity contribution in [3.05, 3.63) is 225 Å². The van der Waals surface area contributed by atoms with E-state index >= 15 is 0 Å². The van der Waals surface area contributed by atoms with Crippen LogP contribution in [-0.2, 0) is 20.4 Å². The summed E-state index contributed by atoms with van der Waals surface area (Å²) in [5, 5.41) is 8.39. The van der Waals surface area contributed by atoms with Crippen molar-refractivity contribution in [2.45, 2.75) is 0 Å². The van der Waals surface area contributed by atoms with Crippen molar-refractivity contribution < 1.29 is 20.4 Å². The summed E-state index contributed by atoms with van der Waals surface area (Å²) < 4.78 is 0. The molecule has 0 bridgehead atoms. The third kappa shape index (κ3) is 12.5. The molecule has 0 nitrogen and oxygen atoms in total. The second-order valence-corrected chi connectivity index (χ2v) is 14.6. The Morgan fingerprint density at radius 3 is 0.521 bits per heavy atom. The predicted octanol–water partition coefficient (Wildman–Crippen LogP) is 9.60. The first-order valence-electron chi connectivity index (χ1n) is 15.1. The summed E-state index contributed by atoms with van der Waals surface area (Å²) in [5.74, 6) is 0. The maximum absolute atomic E-state index is 3.72. The number of halogens is 2. The number of rotatable bonds is 6. The Bertz CT molecular complexity index is 1470. The fourth-order valence-electron chi connectivity index (χ4n) is 4.83. The maximum Gasteiger partial charge on any atom is 0 e. The minimum absolute atomic E-state index is 0. The van der Waals surface area contributed by atoms with Gasteiger partial charge in [-0.1, -0.05) is 188 Å². The van der Waals surface area contributed by atoms with Crippen molar-refractivity contribution >= 4 is 72.5 Å². The normalized spacial score (nSPS) is 9.62. The molecule has 7 aromatic carbocycles. The molecule has 0 saturated carbocycles. The molecule has 0 atom stereocenters. The first-order chi connectivity index (χ1) is 22.3. The Labute approximate surface area is 315 Å². The molecule has 0 heterocycles. The van der Waals surface area contributed by atoms with Crippen LogP contribution in [0.4, 0.5) is 0 Å². The van der Waals surface area contributed by atoms with E-state index in [4.69, 9.17) is 0 Å². The van der Waals surface area contributed by atoms with Crippen LogP contribution in [0, 0.1) is 6.92 Å². The molecule has 0 aliphatic rings. The second-order valence-electron chi connectivity index (χ2n) is 10.2. The van der Waals surface area contributed by atoms with Gasteiger partial charge in [-0.25, -0.2) is 0 Å². The van der Waals surface area contributed by atoms with Gasteiger partial charge in [0.15, 0.2) is 0 Å². The average Bonchev–Trinajstić information content (AvgIpc) is 3.12. The Morgan fingerprint density at radius 2 is 0.396 bits per heavy atom. The second kappa shape index (κ2) is 23.0. The fourth-order valence-corrected chi connectivity index (χ4v) is 9.45. The summed E-state index contributed by atoms with van der Waals surface area (Å²) in [7, 11) is -0.892. The molecule has 0 N–H and O–H groups in total. The van der Waals surface area contributed by atoms with Gasteiger partial charge in [-0.05, 0) is 47.7 Å². The summed E-state index contributed by atoms with van der Waals surface area (Å²) in [5.41, 5.74) is 1.07. The maximum atomic E-state index is 3.72. The molecule has 7 rings (SSSR count). The van der Waals surface area contributed by atoms with Crippen molar-refractivity contribution in [2.75, 3.05) is 0 Å². The van der Waals surface area contributed by atoms with E-state index in [1.54, 1.807) is 0 Å². The quantitative estimate of drug-likeness (QED) is 0.0895. The average molecular weight is 795 g/mol. The molecule has 0 spiro atoms. The minimum atomic E-state index is -0.446. The van der Waals surface area contributed by atoms with Gasteiger partial charge >= 0.3 is 0 Å². The molecule has 0 aromatic heterocycles. The molecule has 0 amide bonds. The molecule has 0 saturated heterocycles. The fraction of sp³-hybridized carbons (Fsp3) is 0. The van der Waals surface area contributed by atoms with Crippen LogP contribution in [0.5, 0.6) is 0 Å². The number of hydrogen-bond acceptors (Lipinski definition) is 0. The van der Waals surface area contributed by atoms with Crippen LogP contribution < -0.4 is 31.8 Å². The van der Waals surface area contributed by atoms with E-state index in [-0.39, 0.29) is 45.2 Å². The van der Waals surface area contributed by atoms with Crippen LogP contribution in [0.25, 0.3) is 0 Å². The van der Waals surface area contributed by atoms with Gasteiger partial charge in [0.1, 0.15) is 0 Å². The van der Waals surface area contributed by atoms with Crippen LogP contribution in [0.3, 0.4) is 0 Å². The van der Waals surface area contributed by atoms with E-state index < -0.39 is 15.8 Å². The molecule has 7 aromatic rings. The molecular weight excluding hydrogens is 756 g/mol. The first kappa shape index (κ1) is 40.7. The van der Waals surface area contributed by atoms with E-state index in [1.165, 1.54) is 31.8 Å². The molecule has 0 fully saturated rings. The topological polar surface area (TPSA) is 0 Å². The third-order valence-electron chi connectivity index (χ3n) is 6.93. The molecule has 0 aliphatic carbocycles. The monoisotopic (exact) mass is 793 g/mol. The SMILES string of the molecule is Cl.Cl.[CH2-]c1ccccc1.[Pd].c1ccc(P(c2ccccc2)c2ccccc2)cc1.c1ccc(P(c2ccccc2)c2ccccc2)cc1. The standard InChI is InChI=1S/2C18H15P.C7H7.2ClH.Pd/c2*1-4-10-16(11-5-1)19(17-12-6-2-7-13-17)18-14-8-3-9-15-18;1-7-5-3-2-4-6-7;;;/h2*1-15H;2-6H,1H2;2*1H;/q;;-1;;;. The number of benzene rings is 7. The van der Waals surface area contributed by atoms with Crippen LogP contribution in [0.1, 0.15) is 5.56 Å². The van der Waals surface area contributed by atoms with Gasteiger partial charge in [-0.3, -0.25) is 0 Å². The first-order valence-corrected chi connectivity index (χ1v) is 17.8. The smallest absolute Gasteiger partial charge is 0 e. The van der Waals surface area contributed by atoms with Crippen molar-refractivity contribution in [2.24, 2.45) is 0 Å². The van der Waals surface area contributed by atoms with Gasteiger partial charge in [0, 0.05) is 20.4 Å². The Balaban J connectivity index is 0.000000264. The van der Waals surface area contributed by atoms with Gasteiger partial charge in [-0.2, -0.15) is 24.6 Å². The summed E-state index contributed by atoms with van der Waals surface area (Å²) in [4.78, 5) is 0. The largest absolute Gasteiger partial charge is 0.199 e. The van der Waals surface area contributed by atoms with Crippen molar-refractivity contribution in [1.82, 2.24) is 0 Å². The third-order valence-corrected chi connectivity index (χ3v) is 11.8. The van der Waals surface area contributed by atoms with E-state index in [0.717, 1.165) is 5.56 Å². The molecule has 5 heteroatoms. The van der Waals surface area contributed by atoms with Gasteiger partial charge in [0.25, 0.3) is 0 Å². The van der Waals surface area contributed by atoms with Crippen molar-refractivity contribution in [3.63, 3.8) is 0 Å². The van der Waals surface area contributed by atoms with Crippen LogP contribution in [0.2, 0.25) is 0 Å². The zero-order chi connectivity index (χ0) is 30.9. The van der Waals surface area contributed by atoms with Crippen molar-refractivity contribution in [1.29, 1.82) is 0 Å². The molecule has 0 aliphatic heterocycles. The number of hydrogen-bond donors (Lipinski definition) is 0. The molecule has 48 heavy (non-hydrogen) atoms. The predicted molar refractivity (Wildman–Crippen MR) is 216 cm³/mol. The van der Waals surface area contributed by atoms with E-state index in [2.05, 4.69) is 189 Å². The van der Waals surface area contributed by atoms with Crippen LogP contribution in [0.15, 0.2) is 212 Å². The van der Waals surface area contributed by atoms with Crippen molar-refractivity contribution in [3.8, 4) is 0 Å². The summed E-state index contributed by atoms with van der Waals surface area (Å²) in [6, 6.07) is 74.5. The van der Waals surface area contributed by atoms with Gasteiger partial charge in [0.05, 0.1) is 0 Å². The van der Waals surface area contributed by atoms with E-state index in [0.29, 0.717) is 0 Å². The van der Waals surface area contributed by atoms with E-state index in [9.17, 15) is 0 Å². The van der Waals surface area contributed by atoms with E-state index in [1.807, 2.05) is 30.3 Å². The molecule has 0 radical (unpaired) electrons. The van der Waals surface area contributed by atoms with Crippen LogP contribution in [-0.4, -0.2) is 0 Å². The molecule has 0 unspecified atom stereocenters. The Kier molecular flexibility index (Phi) is 19.5. The summed E-state index contributed by atoms with van der Waals surface area (Å²) in [6.07, 6.45) is 0.